The molecule has 0 unspecified atom stereocenters. The highest BCUT2D eigenvalue weighted by atomic mass is 32.1. The molecule has 96 valence electrons. The van der Waals surface area contributed by atoms with E-state index in [1.165, 1.54) is 23.5 Å². The summed E-state index contributed by atoms with van der Waals surface area (Å²) in [6.45, 7) is 0.666. The Morgan fingerprint density at radius 2 is 1.83 bits per heavy atom. The molecule has 1 nitrogen and oxygen atoms in total. The number of rotatable bonds is 3. The van der Waals surface area contributed by atoms with Crippen molar-refractivity contribution >= 4 is 11.3 Å². The number of thiophene rings is 1. The van der Waals surface area contributed by atoms with Crippen molar-refractivity contribution in [2.45, 2.75) is 12.7 Å². The molecular formula is C13H12F3NS. The van der Waals surface area contributed by atoms with Crippen LogP contribution in [0.2, 0.25) is 0 Å². The fourth-order valence-electron chi connectivity index (χ4n) is 1.74. The second-order valence-corrected chi connectivity index (χ2v) is 5.01. The van der Waals surface area contributed by atoms with Crippen LogP contribution < -0.4 is 5.32 Å². The highest BCUT2D eigenvalue weighted by Crippen LogP contribution is 2.39. The van der Waals surface area contributed by atoms with Gasteiger partial charge in [-0.25, -0.2) is 0 Å². The van der Waals surface area contributed by atoms with Crippen molar-refractivity contribution < 1.29 is 13.2 Å². The maximum atomic E-state index is 12.9. The number of hydrogen-bond donors (Lipinski definition) is 1. The minimum Gasteiger partial charge on any atom is -0.315 e. The second kappa shape index (κ2) is 5.12. The molecule has 18 heavy (non-hydrogen) atoms. The molecule has 0 radical (unpaired) electrons. The van der Waals surface area contributed by atoms with Crippen molar-refractivity contribution in [3.05, 3.63) is 46.8 Å². The van der Waals surface area contributed by atoms with E-state index in [1.54, 1.807) is 12.1 Å². The van der Waals surface area contributed by atoms with Crippen LogP contribution in [0.5, 0.6) is 0 Å². The van der Waals surface area contributed by atoms with Crippen LogP contribution in [0.1, 0.15) is 10.4 Å². The monoisotopic (exact) mass is 271 g/mol. The van der Waals surface area contributed by atoms with Gasteiger partial charge in [-0.1, -0.05) is 18.2 Å². The maximum absolute atomic E-state index is 12.9. The van der Waals surface area contributed by atoms with Gasteiger partial charge in [-0.2, -0.15) is 13.2 Å². The van der Waals surface area contributed by atoms with Crippen LogP contribution in [0.15, 0.2) is 36.4 Å². The molecule has 1 heterocycles. The predicted molar refractivity (Wildman–Crippen MR) is 67.5 cm³/mol. The van der Waals surface area contributed by atoms with E-state index in [9.17, 15) is 13.2 Å². The number of halogens is 3. The molecule has 0 aliphatic carbocycles. The lowest BCUT2D eigenvalue weighted by Crippen LogP contribution is -2.06. The molecule has 0 bridgehead atoms. The molecule has 2 rings (SSSR count). The Balaban J connectivity index is 2.43. The number of hydrogen-bond acceptors (Lipinski definition) is 2. The molecule has 0 fully saturated rings. The molecule has 1 aromatic carbocycles. The lowest BCUT2D eigenvalue weighted by molar-refractivity contribution is -0.137. The molecule has 0 saturated heterocycles. The fraction of sp³-hybridized carbons (Fsp3) is 0.231. The Hall–Kier alpha value is -1.33. The standard InChI is InChI=1S/C13H12F3NS/c1-17-8-9-6-7-12(18-9)10-4-2-3-5-11(10)13(14,15)16/h2-7,17H,8H2,1H3. The fourth-order valence-corrected chi connectivity index (χ4v) is 2.80. The van der Waals surface area contributed by atoms with E-state index >= 15 is 0 Å². The van der Waals surface area contributed by atoms with Gasteiger partial charge in [0.05, 0.1) is 5.56 Å². The molecule has 5 heteroatoms. The third-order valence-electron chi connectivity index (χ3n) is 2.51. The second-order valence-electron chi connectivity index (χ2n) is 3.84. The van der Waals surface area contributed by atoms with Gasteiger partial charge in [-0.15, -0.1) is 11.3 Å². The summed E-state index contributed by atoms with van der Waals surface area (Å²) in [5, 5.41) is 2.98. The van der Waals surface area contributed by atoms with Crippen molar-refractivity contribution in [1.29, 1.82) is 0 Å². The molecule has 0 atom stereocenters. The summed E-state index contributed by atoms with van der Waals surface area (Å²) in [5.74, 6) is 0. The van der Waals surface area contributed by atoms with Crippen molar-refractivity contribution in [3.8, 4) is 10.4 Å². The van der Waals surface area contributed by atoms with Crippen molar-refractivity contribution in [3.63, 3.8) is 0 Å². The normalized spacial score (nSPS) is 11.8. The molecule has 0 aliphatic heterocycles. The van der Waals surface area contributed by atoms with Gasteiger partial charge < -0.3 is 5.32 Å². The largest absolute Gasteiger partial charge is 0.417 e. The average Bonchev–Trinajstić information content (AvgIpc) is 2.77. The first-order chi connectivity index (χ1) is 8.52. The molecule has 0 spiro atoms. The van der Waals surface area contributed by atoms with Crippen LogP contribution in [0.3, 0.4) is 0 Å². The van der Waals surface area contributed by atoms with Crippen LogP contribution >= 0.6 is 11.3 Å². The Bertz CT molecular complexity index is 531. The van der Waals surface area contributed by atoms with E-state index in [-0.39, 0.29) is 5.56 Å². The number of benzene rings is 1. The third-order valence-corrected chi connectivity index (χ3v) is 3.63. The van der Waals surface area contributed by atoms with Gasteiger partial charge in [0.1, 0.15) is 0 Å². The van der Waals surface area contributed by atoms with E-state index in [2.05, 4.69) is 5.32 Å². The molecule has 0 amide bonds. The van der Waals surface area contributed by atoms with Gasteiger partial charge in [0.2, 0.25) is 0 Å². The van der Waals surface area contributed by atoms with Crippen LogP contribution in [-0.4, -0.2) is 7.05 Å². The lowest BCUT2D eigenvalue weighted by atomic mass is 10.1. The van der Waals surface area contributed by atoms with Crippen LogP contribution in [0.25, 0.3) is 10.4 Å². The Labute approximate surface area is 107 Å². The van der Waals surface area contributed by atoms with Gasteiger partial charge in [-0.05, 0) is 25.2 Å². The quantitative estimate of drug-likeness (QED) is 0.884. The molecule has 1 aromatic heterocycles. The summed E-state index contributed by atoms with van der Waals surface area (Å²) in [4.78, 5) is 1.66. The van der Waals surface area contributed by atoms with Crippen LogP contribution in [-0.2, 0) is 12.7 Å². The van der Waals surface area contributed by atoms with Crippen molar-refractivity contribution in [2.75, 3.05) is 7.05 Å². The zero-order valence-corrected chi connectivity index (χ0v) is 10.5. The predicted octanol–water partition coefficient (Wildman–Crippen LogP) is 4.15. The van der Waals surface area contributed by atoms with Gasteiger partial charge in [0.15, 0.2) is 0 Å². The Morgan fingerprint density at radius 3 is 2.50 bits per heavy atom. The first-order valence-corrected chi connectivity index (χ1v) is 6.24. The van der Waals surface area contributed by atoms with E-state index in [1.807, 2.05) is 13.1 Å². The van der Waals surface area contributed by atoms with Crippen LogP contribution in [0.4, 0.5) is 13.2 Å². The van der Waals surface area contributed by atoms with E-state index < -0.39 is 11.7 Å². The summed E-state index contributed by atoms with van der Waals surface area (Å²) < 4.78 is 38.6. The minimum absolute atomic E-state index is 0.248. The van der Waals surface area contributed by atoms with Gasteiger partial charge in [0, 0.05) is 21.9 Å². The van der Waals surface area contributed by atoms with E-state index in [0.29, 0.717) is 11.4 Å². The van der Waals surface area contributed by atoms with Crippen LogP contribution in [0, 0.1) is 0 Å². The summed E-state index contributed by atoms with van der Waals surface area (Å²) in [7, 11) is 1.81. The molecular weight excluding hydrogens is 259 g/mol. The van der Waals surface area contributed by atoms with Crippen molar-refractivity contribution in [2.24, 2.45) is 0 Å². The SMILES string of the molecule is CNCc1ccc(-c2ccccc2C(F)(F)F)s1. The molecule has 1 N–H and O–H groups in total. The van der Waals surface area contributed by atoms with Gasteiger partial charge in [0.25, 0.3) is 0 Å². The zero-order valence-electron chi connectivity index (χ0n) is 9.71. The van der Waals surface area contributed by atoms with Gasteiger partial charge >= 0.3 is 6.18 Å². The highest BCUT2D eigenvalue weighted by Gasteiger charge is 2.33. The number of alkyl halides is 3. The maximum Gasteiger partial charge on any atom is 0.417 e. The minimum atomic E-state index is -4.32. The number of nitrogens with one attached hydrogen (secondary N) is 1. The summed E-state index contributed by atoms with van der Waals surface area (Å²) in [6, 6.07) is 9.26. The topological polar surface area (TPSA) is 12.0 Å². The zero-order chi connectivity index (χ0) is 13.2. The highest BCUT2D eigenvalue weighted by molar-refractivity contribution is 7.15. The Kier molecular flexibility index (Phi) is 3.73. The molecule has 0 aliphatic rings. The van der Waals surface area contributed by atoms with E-state index in [4.69, 9.17) is 0 Å². The smallest absolute Gasteiger partial charge is 0.315 e. The Morgan fingerprint density at radius 1 is 1.11 bits per heavy atom. The summed E-state index contributed by atoms with van der Waals surface area (Å²) >= 11 is 1.38. The van der Waals surface area contributed by atoms with Crippen molar-refractivity contribution in [1.82, 2.24) is 5.32 Å². The first-order valence-electron chi connectivity index (χ1n) is 5.42. The average molecular weight is 271 g/mol. The van der Waals surface area contributed by atoms with Gasteiger partial charge in [-0.3, -0.25) is 0 Å². The lowest BCUT2D eigenvalue weighted by Gasteiger charge is -2.11. The van der Waals surface area contributed by atoms with E-state index in [0.717, 1.165) is 10.9 Å². The molecule has 0 saturated carbocycles. The third kappa shape index (κ3) is 2.73. The summed E-state index contributed by atoms with van der Waals surface area (Å²) in [6.07, 6.45) is -4.32. The summed E-state index contributed by atoms with van der Waals surface area (Å²) in [5.41, 5.74) is -0.333. The molecule has 2 aromatic rings. The first kappa shape index (κ1) is 13.1.